The van der Waals surface area contributed by atoms with Gasteiger partial charge in [-0.3, -0.25) is 0 Å². The van der Waals surface area contributed by atoms with E-state index in [1.165, 1.54) is 17.5 Å². The Morgan fingerprint density at radius 2 is 1.32 bits per heavy atom. The smallest absolute Gasteiger partial charge is 0.525 e. The van der Waals surface area contributed by atoms with Crippen molar-refractivity contribution in [2.45, 2.75) is 175 Å². The first-order valence-electron chi connectivity index (χ1n) is 17.4. The first-order chi connectivity index (χ1) is 23.3. The summed E-state index contributed by atoms with van der Waals surface area (Å²) in [5, 5.41) is 0. The molecule has 5 unspecified atom stereocenters. The zero-order valence-corrected chi connectivity index (χ0v) is 41.7. The van der Waals surface area contributed by atoms with Crippen molar-refractivity contribution in [2.24, 2.45) is 17.3 Å². The van der Waals surface area contributed by atoms with Crippen LogP contribution in [0.5, 0.6) is 5.75 Å². The molecule has 3 aliphatic rings. The summed E-state index contributed by atoms with van der Waals surface area (Å²) >= 11 is 0. The maximum Gasteiger partial charge on any atom is 2.00 e. The summed E-state index contributed by atoms with van der Waals surface area (Å²) in [4.78, 5) is 0. The SMILES string of the molecule is C.C.C.C.C.[CH2-]CCC(C)(C)SSC([CH2-])(C)C.[CH2-]COc1ccc2c(c1)CCC1C2CCC2(C)C(OCCCOC(C(F)(F)F)(C(F)(F)F)C(F)(F)F)CCC12.[CH3-].[CH3-].[U+2].[W]. The first kappa shape index (κ1) is 75.1. The fraction of sp³-hybridized carbons (Fsp3) is 0.750. The number of rotatable bonds is 13. The van der Waals surface area contributed by atoms with Crippen LogP contribution in [0.15, 0.2) is 18.2 Å². The fourth-order valence-electron chi connectivity index (χ4n) is 7.92. The van der Waals surface area contributed by atoms with Crippen LogP contribution in [0.1, 0.15) is 140 Å². The van der Waals surface area contributed by atoms with Crippen LogP contribution in [0.3, 0.4) is 0 Å². The zero-order valence-electron chi connectivity index (χ0n) is 33.0. The van der Waals surface area contributed by atoms with E-state index in [0.717, 1.165) is 44.3 Å². The molecule has 16 heteroatoms. The third kappa shape index (κ3) is 18.2. The number of aryl methyl sites for hydroxylation is 1. The van der Waals surface area contributed by atoms with Crippen molar-refractivity contribution in [2.75, 3.05) is 19.8 Å². The van der Waals surface area contributed by atoms with Gasteiger partial charge in [0, 0.05) is 32.4 Å². The minimum Gasteiger partial charge on any atom is -0.525 e. The van der Waals surface area contributed by atoms with Crippen LogP contribution in [0, 0.1) is 84.0 Å². The van der Waals surface area contributed by atoms with Gasteiger partial charge in [-0.05, 0) is 112 Å². The number of ether oxygens (including phenoxy) is 3. The molecule has 360 valence electrons. The molecule has 1 aromatic carbocycles. The Labute approximate surface area is 407 Å². The van der Waals surface area contributed by atoms with Gasteiger partial charge < -0.3 is 49.8 Å². The van der Waals surface area contributed by atoms with E-state index in [4.69, 9.17) is 9.47 Å². The number of fused-ring (bicyclic) bond motifs is 5. The molecule has 4 rings (SSSR count). The molecule has 0 N–H and O–H groups in total. The van der Waals surface area contributed by atoms with Crippen LogP contribution >= 0.6 is 21.6 Å². The molecule has 0 radical (unpaired) electrons. The summed E-state index contributed by atoms with van der Waals surface area (Å²) in [6, 6.07) is 6.14. The molecule has 5 atom stereocenters. The molecule has 3 nitrogen and oxygen atoms in total. The van der Waals surface area contributed by atoms with E-state index in [2.05, 4.69) is 72.3 Å². The summed E-state index contributed by atoms with van der Waals surface area (Å²) < 4.78 is 133. The summed E-state index contributed by atoms with van der Waals surface area (Å²) in [7, 11) is 3.78. The minimum absolute atomic E-state index is 0. The van der Waals surface area contributed by atoms with Crippen molar-refractivity contribution in [1.29, 1.82) is 0 Å². The van der Waals surface area contributed by atoms with Gasteiger partial charge in [0.15, 0.2) is 0 Å². The zero-order chi connectivity index (χ0) is 38.7. The molecule has 0 aliphatic heterocycles. The average molecular weight is 1310 g/mol. The largest absolute Gasteiger partial charge is 2.00 e. The fourth-order valence-corrected chi connectivity index (χ4v) is 10.2. The summed E-state index contributed by atoms with van der Waals surface area (Å²) in [5.74, 6) is 1.92. The molecule has 0 amide bonds. The van der Waals surface area contributed by atoms with Gasteiger partial charge in [-0.25, -0.2) is 0 Å². The molecule has 60 heavy (non-hydrogen) atoms. The monoisotopic (exact) mass is 1310 g/mol. The van der Waals surface area contributed by atoms with Crippen molar-refractivity contribution in [1.82, 2.24) is 0 Å². The number of halogens is 9. The van der Waals surface area contributed by atoms with Gasteiger partial charge in [-0.1, -0.05) is 81.2 Å². The van der Waals surface area contributed by atoms with Crippen LogP contribution in [0.4, 0.5) is 39.5 Å². The van der Waals surface area contributed by atoms with Gasteiger partial charge in [0.1, 0.15) is 5.75 Å². The standard InChI is InChI=1S/C27H32F9O3.C10H20S2.5CH4.2CH3.U.W/c1-3-37-17-6-8-18-16(15-17)5-7-20-19(18)11-12-23(2)21(20)9-10-22(23)38-13-4-14-39-24(25(28,29)30,26(31,32)33)27(34,35)36;1-7-8-10(5,6)12-11-9(2,3)4;;;;;;;;;/h6,8,15,19-22H,1,3-5,7,9-14H2,2H3;1-2,7-8H2,3-6H3;5*1H4;2*1H3;;/q-1;-2;;;;;;2*-1;+2;. The normalized spacial score (nSPS) is 21.9. The minimum atomic E-state index is -6.73. The average Bonchev–Trinajstić information content (AvgIpc) is 3.32. The van der Waals surface area contributed by atoms with Gasteiger partial charge in [-0.15, -0.1) is 15.5 Å². The Hall–Kier alpha value is 0.750. The molecule has 2 fully saturated rings. The van der Waals surface area contributed by atoms with Gasteiger partial charge in [0.25, 0.3) is 0 Å². The number of hydrogen-bond donors (Lipinski definition) is 0. The van der Waals surface area contributed by atoms with E-state index < -0.39 is 37.2 Å². The summed E-state index contributed by atoms with van der Waals surface area (Å²) in [6.07, 6.45) is -13.7. The molecule has 0 spiro atoms. The molecule has 0 aromatic heterocycles. The molecule has 0 bridgehead atoms. The van der Waals surface area contributed by atoms with Gasteiger partial charge in [0.05, 0.1) is 12.7 Å². The van der Waals surface area contributed by atoms with Crippen molar-refractivity contribution in [3.63, 3.8) is 0 Å². The van der Waals surface area contributed by atoms with Crippen molar-refractivity contribution >= 4 is 21.6 Å². The molecule has 1 aromatic rings. The molecule has 3 aliphatic carbocycles. The molecule has 2 saturated carbocycles. The molecular weight excluding hydrogens is 1230 g/mol. The predicted octanol–water partition coefficient (Wildman–Crippen LogP) is 16.4. The number of benzene rings is 1. The Morgan fingerprint density at radius 3 is 1.78 bits per heavy atom. The van der Waals surface area contributed by atoms with E-state index in [0.29, 0.717) is 35.5 Å². The van der Waals surface area contributed by atoms with E-state index in [1.807, 2.05) is 27.7 Å². The molecule has 0 heterocycles. The Balaban J connectivity index is -0.000000236. The Bertz CT molecular complexity index is 1240. The third-order valence-corrected chi connectivity index (χ3v) is 14.4. The van der Waals surface area contributed by atoms with Crippen LogP contribution in [0.2, 0.25) is 0 Å². The topological polar surface area (TPSA) is 27.7 Å². The molecular formula is C44H78F9O3S2UW-3. The second-order valence-corrected chi connectivity index (χ2v) is 18.8. The van der Waals surface area contributed by atoms with E-state index in [1.54, 1.807) is 0 Å². The quantitative estimate of drug-likeness (QED) is 0.0849. The summed E-state index contributed by atoms with van der Waals surface area (Å²) in [6.45, 7) is 21.2. The predicted molar refractivity (Wildman–Crippen MR) is 233 cm³/mol. The van der Waals surface area contributed by atoms with Crippen LogP contribution in [-0.4, -0.2) is 59.5 Å². The number of alkyl halides is 9. The first-order valence-corrected chi connectivity index (χ1v) is 19.5. The second kappa shape index (κ2) is 29.4. The van der Waals surface area contributed by atoms with E-state index >= 15 is 0 Å². The van der Waals surface area contributed by atoms with E-state index in [9.17, 15) is 39.5 Å². The van der Waals surface area contributed by atoms with Gasteiger partial charge in [-0.2, -0.15) is 45.9 Å². The van der Waals surface area contributed by atoms with Crippen molar-refractivity contribution in [3.05, 3.63) is 65.0 Å². The van der Waals surface area contributed by atoms with Crippen LogP contribution < -0.4 is 4.74 Å². The maximum atomic E-state index is 13.0. The maximum absolute atomic E-state index is 13.0. The second-order valence-electron chi connectivity index (χ2n) is 15.3. The van der Waals surface area contributed by atoms with Crippen LogP contribution in [0.25, 0.3) is 0 Å². The Morgan fingerprint density at radius 1 is 0.783 bits per heavy atom. The van der Waals surface area contributed by atoms with Gasteiger partial charge >= 0.3 is 55.2 Å². The van der Waals surface area contributed by atoms with Crippen LogP contribution in [-0.2, 0) is 37.0 Å². The third-order valence-electron chi connectivity index (χ3n) is 10.3. The summed E-state index contributed by atoms with van der Waals surface area (Å²) in [5.41, 5.74) is -3.89. The Kier molecular flexibility index (Phi) is 36.8. The van der Waals surface area contributed by atoms with Crippen molar-refractivity contribution < 1.29 is 106 Å². The van der Waals surface area contributed by atoms with Gasteiger partial charge in [0.2, 0.25) is 0 Å². The molecule has 0 saturated heterocycles. The van der Waals surface area contributed by atoms with E-state index in [-0.39, 0.29) is 127 Å². The number of hydrogen-bond acceptors (Lipinski definition) is 5. The van der Waals surface area contributed by atoms with Crippen molar-refractivity contribution in [3.8, 4) is 5.75 Å².